The van der Waals surface area contributed by atoms with Gasteiger partial charge < -0.3 is 15.5 Å². The Morgan fingerprint density at radius 1 is 1.17 bits per heavy atom. The maximum absolute atomic E-state index is 12.1. The number of benzene rings is 1. The Bertz CT molecular complexity index is 807. The van der Waals surface area contributed by atoms with Crippen LogP contribution in [0.3, 0.4) is 0 Å². The van der Waals surface area contributed by atoms with Gasteiger partial charge in [-0.2, -0.15) is 0 Å². The van der Waals surface area contributed by atoms with Crippen LogP contribution in [0.15, 0.2) is 47.7 Å². The van der Waals surface area contributed by atoms with Crippen molar-refractivity contribution in [3.8, 4) is 0 Å². The number of aliphatic imine (C=N–C) groups is 1. The zero-order valence-electron chi connectivity index (χ0n) is 17.7. The lowest BCUT2D eigenvalue weighted by Crippen LogP contribution is -2.38. The largest absolute Gasteiger partial charge is 0.357 e. The molecule has 0 saturated carbocycles. The summed E-state index contributed by atoms with van der Waals surface area (Å²) >= 11 is 0. The van der Waals surface area contributed by atoms with Crippen molar-refractivity contribution < 1.29 is 4.79 Å². The fourth-order valence-corrected chi connectivity index (χ4v) is 2.86. The number of nitrogens with zero attached hydrogens (tertiary/aromatic N) is 3. The molecule has 0 atom stereocenters. The summed E-state index contributed by atoms with van der Waals surface area (Å²) in [7, 11) is 3.53. The van der Waals surface area contributed by atoms with E-state index in [0.29, 0.717) is 6.54 Å². The fourth-order valence-electron chi connectivity index (χ4n) is 2.86. The molecule has 1 amide bonds. The average Bonchev–Trinajstić information content (AvgIpc) is 2.69. The molecule has 0 saturated heterocycles. The van der Waals surface area contributed by atoms with Gasteiger partial charge in [0.1, 0.15) is 0 Å². The van der Waals surface area contributed by atoms with Crippen molar-refractivity contribution in [1.29, 1.82) is 0 Å². The van der Waals surface area contributed by atoms with E-state index in [1.165, 1.54) is 11.1 Å². The number of aromatic nitrogens is 1. The maximum atomic E-state index is 12.1. The van der Waals surface area contributed by atoms with Crippen LogP contribution in [0.5, 0.6) is 0 Å². The van der Waals surface area contributed by atoms with Gasteiger partial charge in [-0.1, -0.05) is 12.1 Å². The first kappa shape index (κ1) is 24.9. The quantitative estimate of drug-likeness (QED) is 0.326. The molecule has 2 N–H and O–H groups in total. The molecular formula is C22H32IN5O. The topological polar surface area (TPSA) is 69.6 Å². The molecule has 0 fully saturated rings. The standard InChI is InChI=1S/C22H31N5O.HI/c1-5-24-22(26-14-11-19-10-12-23-16-17(19)2)25-13-9-18-7-6-8-20(15-18)21(28)27(3)4;/h6-8,10,12,15-16H,5,9,11,13-14H2,1-4H3,(H2,24,25,26);1H. The predicted octanol–water partition coefficient (Wildman–Crippen LogP) is 3.05. The van der Waals surface area contributed by atoms with Gasteiger partial charge in [0.15, 0.2) is 5.96 Å². The van der Waals surface area contributed by atoms with E-state index in [1.54, 1.807) is 19.0 Å². The summed E-state index contributed by atoms with van der Waals surface area (Å²) in [4.78, 5) is 22.5. The highest BCUT2D eigenvalue weighted by molar-refractivity contribution is 14.0. The van der Waals surface area contributed by atoms with Crippen LogP contribution in [0.4, 0.5) is 0 Å². The summed E-state index contributed by atoms with van der Waals surface area (Å²) in [5.74, 6) is 0.839. The van der Waals surface area contributed by atoms with Crippen molar-refractivity contribution in [2.75, 3.05) is 33.7 Å². The van der Waals surface area contributed by atoms with Gasteiger partial charge >= 0.3 is 0 Å². The number of pyridine rings is 1. The fraction of sp³-hybridized carbons (Fsp3) is 0.409. The lowest BCUT2D eigenvalue weighted by molar-refractivity contribution is 0.0827. The highest BCUT2D eigenvalue weighted by atomic mass is 127. The Kier molecular flexibility index (Phi) is 11.3. The maximum Gasteiger partial charge on any atom is 0.253 e. The second-order valence-corrected chi connectivity index (χ2v) is 6.89. The van der Waals surface area contributed by atoms with Crippen molar-refractivity contribution in [3.05, 3.63) is 65.0 Å². The molecule has 2 rings (SSSR count). The van der Waals surface area contributed by atoms with Crippen LogP contribution in [0.25, 0.3) is 0 Å². The predicted molar refractivity (Wildman–Crippen MR) is 130 cm³/mol. The highest BCUT2D eigenvalue weighted by Crippen LogP contribution is 2.08. The second kappa shape index (κ2) is 13.1. The van der Waals surface area contributed by atoms with E-state index in [0.717, 1.165) is 43.0 Å². The first-order chi connectivity index (χ1) is 13.5. The third kappa shape index (κ3) is 8.39. The van der Waals surface area contributed by atoms with E-state index >= 15 is 0 Å². The Hall–Kier alpha value is -2.16. The highest BCUT2D eigenvalue weighted by Gasteiger charge is 2.08. The van der Waals surface area contributed by atoms with Gasteiger partial charge in [0.25, 0.3) is 5.91 Å². The normalized spacial score (nSPS) is 10.8. The number of aryl methyl sites for hydroxylation is 1. The van der Waals surface area contributed by atoms with E-state index in [1.807, 2.05) is 42.7 Å². The minimum absolute atomic E-state index is 0. The molecule has 0 aliphatic carbocycles. The Labute approximate surface area is 191 Å². The molecule has 158 valence electrons. The minimum Gasteiger partial charge on any atom is -0.357 e. The van der Waals surface area contributed by atoms with Gasteiger partial charge in [0.2, 0.25) is 0 Å². The zero-order chi connectivity index (χ0) is 20.4. The Morgan fingerprint density at radius 3 is 2.66 bits per heavy atom. The summed E-state index contributed by atoms with van der Waals surface area (Å²) in [6.45, 7) is 6.41. The van der Waals surface area contributed by atoms with Crippen LogP contribution in [0.2, 0.25) is 0 Å². The summed E-state index contributed by atoms with van der Waals surface area (Å²) < 4.78 is 0. The van der Waals surface area contributed by atoms with Gasteiger partial charge in [-0.15, -0.1) is 24.0 Å². The van der Waals surface area contributed by atoms with E-state index < -0.39 is 0 Å². The van der Waals surface area contributed by atoms with Crippen molar-refractivity contribution in [3.63, 3.8) is 0 Å². The third-order valence-corrected chi connectivity index (χ3v) is 4.42. The van der Waals surface area contributed by atoms with Crippen LogP contribution < -0.4 is 10.6 Å². The van der Waals surface area contributed by atoms with Crippen molar-refractivity contribution in [1.82, 2.24) is 20.5 Å². The van der Waals surface area contributed by atoms with Crippen LogP contribution in [0, 0.1) is 6.92 Å². The number of guanidine groups is 1. The summed E-state index contributed by atoms with van der Waals surface area (Å²) in [5, 5.41) is 6.65. The molecule has 1 heterocycles. The van der Waals surface area contributed by atoms with Gasteiger partial charge in [-0.3, -0.25) is 14.8 Å². The molecule has 1 aromatic carbocycles. The molecule has 29 heavy (non-hydrogen) atoms. The van der Waals surface area contributed by atoms with E-state index in [-0.39, 0.29) is 29.9 Å². The molecule has 0 radical (unpaired) electrons. The molecule has 7 heteroatoms. The van der Waals surface area contributed by atoms with Crippen molar-refractivity contribution in [2.24, 2.45) is 4.99 Å². The lowest BCUT2D eigenvalue weighted by Gasteiger charge is -2.13. The molecule has 0 aliphatic rings. The van der Waals surface area contributed by atoms with Crippen molar-refractivity contribution in [2.45, 2.75) is 26.7 Å². The van der Waals surface area contributed by atoms with E-state index in [9.17, 15) is 4.79 Å². The number of hydrogen-bond donors (Lipinski definition) is 2. The molecular weight excluding hydrogens is 477 g/mol. The number of carbonyl (C=O) groups excluding carboxylic acids is 1. The molecule has 6 nitrogen and oxygen atoms in total. The average molecular weight is 509 g/mol. The molecule has 1 aromatic heterocycles. The summed E-state index contributed by atoms with van der Waals surface area (Å²) in [5.41, 5.74) is 4.32. The van der Waals surface area contributed by atoms with E-state index in [2.05, 4.69) is 34.5 Å². The summed E-state index contributed by atoms with van der Waals surface area (Å²) in [6, 6.07) is 9.84. The molecule has 2 aromatic rings. The number of hydrogen-bond acceptors (Lipinski definition) is 3. The van der Waals surface area contributed by atoms with Crippen LogP contribution in [-0.4, -0.2) is 55.5 Å². The number of nitrogens with one attached hydrogen (secondary N) is 2. The van der Waals surface area contributed by atoms with Gasteiger partial charge in [0.05, 0.1) is 0 Å². The number of carbonyl (C=O) groups is 1. The lowest BCUT2D eigenvalue weighted by atomic mass is 10.1. The summed E-state index contributed by atoms with van der Waals surface area (Å²) in [6.07, 6.45) is 5.42. The van der Waals surface area contributed by atoms with Crippen LogP contribution in [-0.2, 0) is 12.8 Å². The number of amides is 1. The van der Waals surface area contributed by atoms with Crippen LogP contribution in [0.1, 0.15) is 34.0 Å². The Balaban J connectivity index is 0.00000420. The minimum atomic E-state index is 0. The van der Waals surface area contributed by atoms with Gasteiger partial charge in [0, 0.05) is 51.7 Å². The van der Waals surface area contributed by atoms with E-state index in [4.69, 9.17) is 0 Å². The molecule has 0 aliphatic heterocycles. The number of rotatable bonds is 8. The monoisotopic (exact) mass is 509 g/mol. The molecule has 0 spiro atoms. The second-order valence-electron chi connectivity index (χ2n) is 6.89. The Morgan fingerprint density at radius 2 is 1.97 bits per heavy atom. The zero-order valence-corrected chi connectivity index (χ0v) is 20.1. The molecule has 0 bridgehead atoms. The third-order valence-electron chi connectivity index (χ3n) is 4.42. The SMILES string of the molecule is CCNC(=NCCc1ccncc1C)NCCc1cccc(C(=O)N(C)C)c1.I. The molecule has 0 unspecified atom stereocenters. The van der Waals surface area contributed by atoms with Crippen LogP contribution >= 0.6 is 24.0 Å². The first-order valence-electron chi connectivity index (χ1n) is 9.73. The number of halogens is 1. The van der Waals surface area contributed by atoms with Crippen molar-refractivity contribution >= 4 is 35.8 Å². The smallest absolute Gasteiger partial charge is 0.253 e. The van der Waals surface area contributed by atoms with Gasteiger partial charge in [-0.05, 0) is 61.6 Å². The van der Waals surface area contributed by atoms with Gasteiger partial charge in [-0.25, -0.2) is 0 Å². The first-order valence-corrected chi connectivity index (χ1v) is 9.73.